The smallest absolute Gasteiger partial charge is 0.255 e. The number of rotatable bonds is 3. The second-order valence-electron chi connectivity index (χ2n) is 4.12. The third-order valence-electron chi connectivity index (χ3n) is 2.64. The van der Waals surface area contributed by atoms with Crippen molar-refractivity contribution >= 4 is 39.1 Å². The quantitative estimate of drug-likeness (QED) is 0.673. The van der Waals surface area contributed by atoms with E-state index in [1.165, 1.54) is 0 Å². The molecule has 0 saturated heterocycles. The van der Waals surface area contributed by atoms with Gasteiger partial charge in [-0.2, -0.15) is 0 Å². The van der Waals surface area contributed by atoms with Gasteiger partial charge in [-0.15, -0.1) is 0 Å². The summed E-state index contributed by atoms with van der Waals surface area (Å²) in [5.74, 6) is -0.162. The molecule has 0 aliphatic rings. The zero-order valence-corrected chi connectivity index (χ0v) is 12.6. The molecule has 0 unspecified atom stereocenters. The number of aromatic nitrogens is 1. The van der Waals surface area contributed by atoms with Gasteiger partial charge in [-0.3, -0.25) is 4.79 Å². The van der Waals surface area contributed by atoms with Gasteiger partial charge in [-0.25, -0.2) is 4.98 Å². The molecule has 1 aromatic heterocycles. The van der Waals surface area contributed by atoms with Crippen LogP contribution in [0.4, 0.5) is 5.69 Å². The number of anilines is 1. The minimum atomic E-state index is -0.162. The number of halogens is 2. The van der Waals surface area contributed by atoms with Crippen LogP contribution in [0.25, 0.3) is 0 Å². The molecule has 3 nitrogen and oxygen atoms in total. The van der Waals surface area contributed by atoms with Crippen molar-refractivity contribution in [2.24, 2.45) is 0 Å². The molecule has 1 N–H and O–H groups in total. The predicted octanol–water partition coefficient (Wildman–Crippen LogP) is 4.19. The number of aryl methyl sites for hydroxylation is 1. The first kappa shape index (κ1) is 14.0. The largest absolute Gasteiger partial charge is 0.321 e. The van der Waals surface area contributed by atoms with Crippen molar-refractivity contribution in [3.05, 3.63) is 58.4 Å². The maximum atomic E-state index is 12.0. The zero-order valence-electron chi connectivity index (χ0n) is 10.3. The van der Waals surface area contributed by atoms with Crippen molar-refractivity contribution in [2.45, 2.75) is 12.3 Å². The summed E-state index contributed by atoms with van der Waals surface area (Å²) >= 11 is 9.21. The summed E-state index contributed by atoms with van der Waals surface area (Å²) in [7, 11) is 0. The standard InChI is InChI=1S/C14H12BrClN2O/c1-9-6-12(8-17-13(9)16)18-14(19)11-4-2-10(7-15)3-5-11/h2-6,8H,7H2,1H3,(H,18,19). The average molecular weight is 340 g/mol. The van der Waals surface area contributed by atoms with E-state index in [0.717, 1.165) is 16.5 Å². The van der Waals surface area contributed by atoms with Crippen LogP contribution in [-0.2, 0) is 5.33 Å². The number of carbonyl (C=O) groups excluding carboxylic acids is 1. The fraction of sp³-hybridized carbons (Fsp3) is 0.143. The van der Waals surface area contributed by atoms with Crippen molar-refractivity contribution in [3.8, 4) is 0 Å². The van der Waals surface area contributed by atoms with E-state index in [1.54, 1.807) is 24.4 Å². The summed E-state index contributed by atoms with van der Waals surface area (Å²) in [6, 6.07) is 9.20. The summed E-state index contributed by atoms with van der Waals surface area (Å²) in [6.07, 6.45) is 1.54. The van der Waals surface area contributed by atoms with E-state index in [-0.39, 0.29) is 5.91 Å². The van der Waals surface area contributed by atoms with Crippen LogP contribution >= 0.6 is 27.5 Å². The molecule has 0 atom stereocenters. The minimum absolute atomic E-state index is 0.162. The number of pyridine rings is 1. The van der Waals surface area contributed by atoms with Gasteiger partial charge in [-0.1, -0.05) is 39.7 Å². The van der Waals surface area contributed by atoms with E-state index in [0.29, 0.717) is 16.4 Å². The number of amides is 1. The molecule has 0 radical (unpaired) electrons. The Bertz CT molecular complexity index is 599. The van der Waals surface area contributed by atoms with E-state index in [2.05, 4.69) is 26.2 Å². The van der Waals surface area contributed by atoms with Gasteiger partial charge in [0.05, 0.1) is 11.9 Å². The van der Waals surface area contributed by atoms with Crippen LogP contribution in [0.15, 0.2) is 36.5 Å². The molecule has 1 heterocycles. The summed E-state index contributed by atoms with van der Waals surface area (Å²) in [4.78, 5) is 16.0. The van der Waals surface area contributed by atoms with Crippen LogP contribution in [0.1, 0.15) is 21.5 Å². The van der Waals surface area contributed by atoms with Gasteiger partial charge in [0.25, 0.3) is 5.91 Å². The number of alkyl halides is 1. The van der Waals surface area contributed by atoms with Crippen molar-refractivity contribution in [2.75, 3.05) is 5.32 Å². The van der Waals surface area contributed by atoms with Gasteiger partial charge in [0.2, 0.25) is 0 Å². The third-order valence-corrected chi connectivity index (χ3v) is 3.69. The number of nitrogens with one attached hydrogen (secondary N) is 1. The maximum Gasteiger partial charge on any atom is 0.255 e. The molecular formula is C14H12BrClN2O. The number of hydrogen-bond acceptors (Lipinski definition) is 2. The van der Waals surface area contributed by atoms with Crippen molar-refractivity contribution in [3.63, 3.8) is 0 Å². The lowest BCUT2D eigenvalue weighted by atomic mass is 10.1. The molecule has 0 fully saturated rings. The Morgan fingerprint density at radius 1 is 1.37 bits per heavy atom. The van der Waals surface area contributed by atoms with Crippen LogP contribution in [0.5, 0.6) is 0 Å². The summed E-state index contributed by atoms with van der Waals surface area (Å²) in [6.45, 7) is 1.84. The Kier molecular flexibility index (Phi) is 4.56. The van der Waals surface area contributed by atoms with Gasteiger partial charge in [0.1, 0.15) is 5.15 Å². The molecule has 5 heteroatoms. The zero-order chi connectivity index (χ0) is 13.8. The number of nitrogens with zero attached hydrogens (tertiary/aromatic N) is 1. The number of carbonyl (C=O) groups is 1. The fourth-order valence-electron chi connectivity index (χ4n) is 1.57. The summed E-state index contributed by atoms with van der Waals surface area (Å²) < 4.78 is 0. The van der Waals surface area contributed by atoms with E-state index in [1.807, 2.05) is 19.1 Å². The molecule has 1 amide bonds. The topological polar surface area (TPSA) is 42.0 Å². The molecule has 0 aliphatic heterocycles. The number of hydrogen-bond donors (Lipinski definition) is 1. The Morgan fingerprint density at radius 3 is 2.63 bits per heavy atom. The van der Waals surface area contributed by atoms with Gasteiger partial charge in [0.15, 0.2) is 0 Å². The average Bonchev–Trinajstić information content (AvgIpc) is 2.43. The molecule has 0 spiro atoms. The van der Waals surface area contributed by atoms with E-state index in [4.69, 9.17) is 11.6 Å². The maximum absolute atomic E-state index is 12.0. The van der Waals surface area contributed by atoms with Gasteiger partial charge < -0.3 is 5.32 Å². The summed E-state index contributed by atoms with van der Waals surface area (Å²) in [5.41, 5.74) is 3.20. The van der Waals surface area contributed by atoms with Crippen LogP contribution < -0.4 is 5.32 Å². The molecule has 0 aliphatic carbocycles. The van der Waals surface area contributed by atoms with Crippen LogP contribution in [0.2, 0.25) is 5.15 Å². The number of benzene rings is 1. The first-order valence-corrected chi connectivity index (χ1v) is 7.18. The van der Waals surface area contributed by atoms with Crippen molar-refractivity contribution in [1.82, 2.24) is 4.98 Å². The summed E-state index contributed by atoms with van der Waals surface area (Å²) in [5, 5.41) is 4.01. The van der Waals surface area contributed by atoms with Gasteiger partial charge in [0, 0.05) is 10.9 Å². The van der Waals surface area contributed by atoms with Crippen LogP contribution in [-0.4, -0.2) is 10.9 Å². The molecule has 98 valence electrons. The highest BCUT2D eigenvalue weighted by Crippen LogP contribution is 2.17. The fourth-order valence-corrected chi connectivity index (χ4v) is 2.05. The van der Waals surface area contributed by atoms with E-state index >= 15 is 0 Å². The predicted molar refractivity (Wildman–Crippen MR) is 81.0 cm³/mol. The highest BCUT2D eigenvalue weighted by Gasteiger charge is 2.07. The molecule has 0 bridgehead atoms. The molecule has 2 rings (SSSR count). The SMILES string of the molecule is Cc1cc(NC(=O)c2ccc(CBr)cc2)cnc1Cl. The monoisotopic (exact) mass is 338 g/mol. The normalized spacial score (nSPS) is 10.3. The second-order valence-corrected chi connectivity index (χ2v) is 5.04. The van der Waals surface area contributed by atoms with E-state index in [9.17, 15) is 4.79 Å². The molecule has 2 aromatic rings. The lowest BCUT2D eigenvalue weighted by molar-refractivity contribution is 0.102. The Morgan fingerprint density at radius 2 is 2.05 bits per heavy atom. The Labute approximate surface area is 125 Å². The second kappa shape index (κ2) is 6.17. The molecule has 1 aromatic carbocycles. The van der Waals surface area contributed by atoms with Crippen LogP contribution in [0.3, 0.4) is 0 Å². The lowest BCUT2D eigenvalue weighted by Crippen LogP contribution is -2.12. The first-order chi connectivity index (χ1) is 9.10. The highest BCUT2D eigenvalue weighted by atomic mass is 79.9. The van der Waals surface area contributed by atoms with Crippen molar-refractivity contribution in [1.29, 1.82) is 0 Å². The Hall–Kier alpha value is -1.39. The Balaban J connectivity index is 2.13. The molecule has 0 saturated carbocycles. The minimum Gasteiger partial charge on any atom is -0.321 e. The lowest BCUT2D eigenvalue weighted by Gasteiger charge is -2.07. The third kappa shape index (κ3) is 3.55. The van der Waals surface area contributed by atoms with E-state index < -0.39 is 0 Å². The van der Waals surface area contributed by atoms with Gasteiger partial charge in [-0.05, 0) is 36.2 Å². The molecule has 19 heavy (non-hydrogen) atoms. The van der Waals surface area contributed by atoms with Crippen LogP contribution in [0, 0.1) is 6.92 Å². The molecular weight excluding hydrogens is 328 g/mol. The first-order valence-electron chi connectivity index (χ1n) is 5.68. The van der Waals surface area contributed by atoms with Gasteiger partial charge >= 0.3 is 0 Å². The van der Waals surface area contributed by atoms with Crippen molar-refractivity contribution < 1.29 is 4.79 Å². The highest BCUT2D eigenvalue weighted by molar-refractivity contribution is 9.08.